The number of nitrogens with two attached hydrogens (primary N) is 1. The molecule has 0 aliphatic rings. The van der Waals surface area contributed by atoms with Crippen LogP contribution in [-0.4, -0.2) is 19.1 Å². The monoisotopic (exact) mass is 212 g/mol. The van der Waals surface area contributed by atoms with Crippen molar-refractivity contribution in [3.05, 3.63) is 24.0 Å². The summed E-state index contributed by atoms with van der Waals surface area (Å²) in [5.74, 6) is -0.505. The number of halogens is 1. The van der Waals surface area contributed by atoms with Crippen LogP contribution in [0, 0.1) is 5.82 Å². The van der Waals surface area contributed by atoms with E-state index < -0.39 is 11.9 Å². The van der Waals surface area contributed by atoms with E-state index in [1.54, 1.807) is 6.92 Å². The molecular weight excluding hydrogens is 199 g/mol. The molecule has 0 heterocycles. The summed E-state index contributed by atoms with van der Waals surface area (Å²) in [6.45, 7) is 1.56. The van der Waals surface area contributed by atoms with Crippen LogP contribution < -0.4 is 15.8 Å². The number of nitrogens with one attached hydrogen (secondary N) is 1. The number of amides is 1. The number of carbonyl (C=O) groups is 1. The van der Waals surface area contributed by atoms with Gasteiger partial charge in [0.1, 0.15) is 11.6 Å². The Labute approximate surface area is 87.2 Å². The molecule has 0 aliphatic heterocycles. The van der Waals surface area contributed by atoms with E-state index in [4.69, 9.17) is 10.5 Å². The highest BCUT2D eigenvalue weighted by atomic mass is 19.1. The van der Waals surface area contributed by atoms with Gasteiger partial charge >= 0.3 is 0 Å². The van der Waals surface area contributed by atoms with Crippen molar-refractivity contribution in [1.82, 2.24) is 0 Å². The molecule has 15 heavy (non-hydrogen) atoms. The molecule has 82 valence electrons. The van der Waals surface area contributed by atoms with Gasteiger partial charge in [0.25, 0.3) is 0 Å². The maximum atomic E-state index is 12.8. The molecule has 3 N–H and O–H groups in total. The summed E-state index contributed by atoms with van der Waals surface area (Å²) in [6, 6.07) is 3.23. The minimum absolute atomic E-state index is 0.268. The summed E-state index contributed by atoms with van der Waals surface area (Å²) in [7, 11) is 1.40. The zero-order valence-corrected chi connectivity index (χ0v) is 8.58. The molecule has 0 saturated carbocycles. The fourth-order valence-corrected chi connectivity index (χ4v) is 1.01. The maximum absolute atomic E-state index is 12.8. The van der Waals surface area contributed by atoms with E-state index in [0.29, 0.717) is 5.69 Å². The van der Waals surface area contributed by atoms with Gasteiger partial charge in [0.2, 0.25) is 5.91 Å². The third kappa shape index (κ3) is 2.92. The molecule has 1 aromatic rings. The minimum atomic E-state index is -0.625. The summed E-state index contributed by atoms with van der Waals surface area (Å²) in [4.78, 5) is 11.3. The van der Waals surface area contributed by atoms with Crippen molar-refractivity contribution >= 4 is 11.6 Å². The fraction of sp³-hybridized carbons (Fsp3) is 0.300. The zero-order valence-electron chi connectivity index (χ0n) is 8.58. The number of ether oxygens (including phenoxy) is 1. The Kier molecular flexibility index (Phi) is 3.62. The quantitative estimate of drug-likeness (QED) is 0.789. The van der Waals surface area contributed by atoms with Crippen LogP contribution in [0.15, 0.2) is 18.2 Å². The predicted octanol–water partition coefficient (Wildman–Crippen LogP) is 1.12. The van der Waals surface area contributed by atoms with Crippen LogP contribution in [0.5, 0.6) is 5.75 Å². The smallest absolute Gasteiger partial charge is 0.241 e. The van der Waals surface area contributed by atoms with Gasteiger partial charge in [-0.3, -0.25) is 4.79 Å². The minimum Gasteiger partial charge on any atom is -0.494 e. The van der Waals surface area contributed by atoms with E-state index in [-0.39, 0.29) is 11.7 Å². The predicted molar refractivity (Wildman–Crippen MR) is 55.2 cm³/mol. The van der Waals surface area contributed by atoms with E-state index in [2.05, 4.69) is 5.32 Å². The number of benzene rings is 1. The lowest BCUT2D eigenvalue weighted by atomic mass is 10.2. The molecular formula is C10H13FN2O2. The van der Waals surface area contributed by atoms with Gasteiger partial charge in [-0.1, -0.05) is 0 Å². The Morgan fingerprint density at radius 2 is 2.27 bits per heavy atom. The third-order valence-corrected chi connectivity index (χ3v) is 1.84. The van der Waals surface area contributed by atoms with Crippen LogP contribution in [0.2, 0.25) is 0 Å². The molecule has 1 rings (SSSR count). The van der Waals surface area contributed by atoms with Crippen LogP contribution in [0.4, 0.5) is 10.1 Å². The second kappa shape index (κ2) is 4.75. The van der Waals surface area contributed by atoms with Crippen LogP contribution >= 0.6 is 0 Å². The van der Waals surface area contributed by atoms with Gasteiger partial charge in [-0.15, -0.1) is 0 Å². The van der Waals surface area contributed by atoms with Gasteiger partial charge in [-0.2, -0.15) is 0 Å². The summed E-state index contributed by atoms with van der Waals surface area (Å²) in [6.07, 6.45) is 0. The first kappa shape index (κ1) is 11.5. The first-order valence-electron chi connectivity index (χ1n) is 4.44. The van der Waals surface area contributed by atoms with Crippen molar-refractivity contribution in [3.63, 3.8) is 0 Å². The van der Waals surface area contributed by atoms with Gasteiger partial charge in [0.15, 0.2) is 0 Å². The Morgan fingerprint density at radius 3 is 2.80 bits per heavy atom. The summed E-state index contributed by atoms with van der Waals surface area (Å²) in [5.41, 5.74) is 5.78. The van der Waals surface area contributed by atoms with Gasteiger partial charge < -0.3 is 15.8 Å². The molecule has 0 fully saturated rings. The van der Waals surface area contributed by atoms with Gasteiger partial charge in [0, 0.05) is 6.07 Å². The van der Waals surface area contributed by atoms with Crippen LogP contribution in [0.1, 0.15) is 6.92 Å². The molecule has 1 atom stereocenters. The number of carbonyl (C=O) groups excluding carboxylic acids is 1. The van der Waals surface area contributed by atoms with Crippen LogP contribution in [-0.2, 0) is 4.79 Å². The van der Waals surface area contributed by atoms with Crippen molar-refractivity contribution in [1.29, 1.82) is 0 Å². The molecule has 0 radical (unpaired) electrons. The van der Waals surface area contributed by atoms with Crippen LogP contribution in [0.25, 0.3) is 0 Å². The molecule has 0 bridgehead atoms. The lowest BCUT2D eigenvalue weighted by Crippen LogP contribution is -2.32. The van der Waals surface area contributed by atoms with Crippen molar-refractivity contribution < 1.29 is 13.9 Å². The summed E-state index contributed by atoms with van der Waals surface area (Å²) in [5, 5.41) is 2.53. The van der Waals surface area contributed by atoms with Crippen molar-refractivity contribution in [2.75, 3.05) is 12.4 Å². The van der Waals surface area contributed by atoms with E-state index in [1.807, 2.05) is 0 Å². The highest BCUT2D eigenvalue weighted by molar-refractivity contribution is 5.95. The zero-order chi connectivity index (χ0) is 11.4. The Hall–Kier alpha value is -1.62. The fourth-order valence-electron chi connectivity index (χ4n) is 1.01. The van der Waals surface area contributed by atoms with Crippen molar-refractivity contribution in [2.45, 2.75) is 13.0 Å². The van der Waals surface area contributed by atoms with Crippen molar-refractivity contribution in [3.8, 4) is 5.75 Å². The largest absolute Gasteiger partial charge is 0.494 e. The van der Waals surface area contributed by atoms with E-state index in [1.165, 1.54) is 25.3 Å². The standard InChI is InChI=1S/C10H13FN2O2/c1-6(12)10(14)13-8-4-3-7(11)5-9(8)15-2/h3-6H,12H2,1-2H3,(H,13,14). The van der Waals surface area contributed by atoms with Gasteiger partial charge in [-0.05, 0) is 19.1 Å². The molecule has 0 aromatic heterocycles. The van der Waals surface area contributed by atoms with E-state index in [0.717, 1.165) is 0 Å². The number of hydrogen-bond acceptors (Lipinski definition) is 3. The Morgan fingerprint density at radius 1 is 1.60 bits per heavy atom. The Bertz CT molecular complexity index is 366. The summed E-state index contributed by atoms with van der Waals surface area (Å²) < 4.78 is 17.7. The number of rotatable bonds is 3. The summed E-state index contributed by atoms with van der Waals surface area (Å²) >= 11 is 0. The molecule has 5 heteroatoms. The Balaban J connectivity index is 2.89. The number of hydrogen-bond donors (Lipinski definition) is 2. The SMILES string of the molecule is COc1cc(F)ccc1NC(=O)C(C)N. The van der Waals surface area contributed by atoms with Crippen LogP contribution in [0.3, 0.4) is 0 Å². The molecule has 0 spiro atoms. The lowest BCUT2D eigenvalue weighted by Gasteiger charge is -2.11. The molecule has 1 amide bonds. The average molecular weight is 212 g/mol. The topological polar surface area (TPSA) is 64.3 Å². The molecule has 4 nitrogen and oxygen atoms in total. The first-order chi connectivity index (χ1) is 7.04. The van der Waals surface area contributed by atoms with Crippen molar-refractivity contribution in [2.24, 2.45) is 5.73 Å². The molecule has 0 aliphatic carbocycles. The molecule has 1 unspecified atom stereocenters. The normalized spacial score (nSPS) is 12.0. The third-order valence-electron chi connectivity index (χ3n) is 1.84. The lowest BCUT2D eigenvalue weighted by molar-refractivity contribution is -0.117. The number of methoxy groups -OCH3 is 1. The second-order valence-corrected chi connectivity index (χ2v) is 3.12. The van der Waals surface area contributed by atoms with Gasteiger partial charge in [0.05, 0.1) is 18.8 Å². The van der Waals surface area contributed by atoms with Gasteiger partial charge in [-0.25, -0.2) is 4.39 Å². The second-order valence-electron chi connectivity index (χ2n) is 3.12. The highest BCUT2D eigenvalue weighted by Gasteiger charge is 2.11. The molecule has 1 aromatic carbocycles. The maximum Gasteiger partial charge on any atom is 0.241 e. The number of anilines is 1. The van der Waals surface area contributed by atoms with E-state index >= 15 is 0 Å². The molecule has 0 saturated heterocycles. The average Bonchev–Trinajstić information content (AvgIpc) is 2.20. The van der Waals surface area contributed by atoms with E-state index in [9.17, 15) is 9.18 Å². The highest BCUT2D eigenvalue weighted by Crippen LogP contribution is 2.24. The first-order valence-corrected chi connectivity index (χ1v) is 4.44.